The smallest absolute Gasteiger partial charge is 0.306 e. The summed E-state index contributed by atoms with van der Waals surface area (Å²) >= 11 is 0. The summed E-state index contributed by atoms with van der Waals surface area (Å²) in [5.74, 6) is -0.194. The van der Waals surface area contributed by atoms with Crippen LogP contribution in [0.4, 0.5) is 0 Å². The van der Waals surface area contributed by atoms with Gasteiger partial charge in [0.25, 0.3) is 5.09 Å². The summed E-state index contributed by atoms with van der Waals surface area (Å²) in [4.78, 5) is 26.0. The minimum Gasteiger partial charge on any atom is -0.462 e. The fraction of sp³-hybridized carbons (Fsp3) is 0.588. The summed E-state index contributed by atoms with van der Waals surface area (Å²) in [6.07, 6.45) is 4.75. The lowest BCUT2D eigenvalue weighted by atomic mass is 10.1. The minimum atomic E-state index is -0.799. The van der Waals surface area contributed by atoms with Gasteiger partial charge in [-0.05, 0) is 37.7 Å². The van der Waals surface area contributed by atoms with Crippen LogP contribution in [-0.2, 0) is 20.8 Å². The molecule has 6 heteroatoms. The monoisotopic (exact) mass is 323 g/mol. The normalized spacial score (nSPS) is 11.7. The number of aryl methyl sites for hydroxylation is 1. The van der Waals surface area contributed by atoms with Gasteiger partial charge in [0.15, 0.2) is 0 Å². The fourth-order valence-electron chi connectivity index (χ4n) is 2.25. The van der Waals surface area contributed by atoms with Gasteiger partial charge in [0.05, 0.1) is 6.61 Å². The minimum absolute atomic E-state index is 0.0551. The Morgan fingerprint density at radius 3 is 2.61 bits per heavy atom. The lowest BCUT2D eigenvalue weighted by Gasteiger charge is -2.16. The van der Waals surface area contributed by atoms with Crippen LogP contribution >= 0.6 is 0 Å². The highest BCUT2D eigenvalue weighted by molar-refractivity contribution is 5.69. The molecule has 0 aromatic heterocycles. The summed E-state index contributed by atoms with van der Waals surface area (Å²) in [5.41, 5.74) is 1.24. The van der Waals surface area contributed by atoms with Crippen LogP contribution in [0.25, 0.3) is 0 Å². The van der Waals surface area contributed by atoms with Crippen LogP contribution in [0.15, 0.2) is 30.3 Å². The Morgan fingerprint density at radius 2 is 1.96 bits per heavy atom. The number of hydrogen-bond acceptors (Lipinski definition) is 5. The molecule has 23 heavy (non-hydrogen) atoms. The lowest BCUT2D eigenvalue weighted by Crippen LogP contribution is -2.18. The molecule has 0 saturated heterocycles. The van der Waals surface area contributed by atoms with E-state index in [0.29, 0.717) is 25.7 Å². The van der Waals surface area contributed by atoms with Gasteiger partial charge in [-0.1, -0.05) is 43.7 Å². The van der Waals surface area contributed by atoms with Crippen molar-refractivity contribution in [3.05, 3.63) is 46.0 Å². The number of nitrogens with zero attached hydrogens (tertiary/aromatic N) is 1. The highest BCUT2D eigenvalue weighted by Crippen LogP contribution is 2.12. The standard InChI is InChI=1S/C17H25NO5/c1-2-16(13-12-15-9-5-3-6-10-15)23-17(19)11-7-4-8-14-22-18(20)21/h3,5-6,9-10,16H,2,4,7-8,11-14H2,1H3/t16-/m1/s1. The molecule has 0 heterocycles. The molecule has 1 rings (SSSR count). The van der Waals surface area contributed by atoms with E-state index >= 15 is 0 Å². The third-order valence-corrected chi connectivity index (χ3v) is 3.57. The molecule has 0 unspecified atom stereocenters. The van der Waals surface area contributed by atoms with Gasteiger partial charge >= 0.3 is 5.97 Å². The molecule has 0 aliphatic carbocycles. The van der Waals surface area contributed by atoms with E-state index in [9.17, 15) is 14.9 Å². The Balaban J connectivity index is 2.14. The molecule has 1 atom stereocenters. The highest BCUT2D eigenvalue weighted by atomic mass is 16.9. The molecule has 1 aromatic carbocycles. The number of rotatable bonds is 12. The molecule has 0 fully saturated rings. The summed E-state index contributed by atoms with van der Waals surface area (Å²) in [6, 6.07) is 10.1. The molecule has 128 valence electrons. The Hall–Kier alpha value is -2.11. The largest absolute Gasteiger partial charge is 0.462 e. The zero-order valence-electron chi connectivity index (χ0n) is 13.6. The number of ether oxygens (including phenoxy) is 1. The third kappa shape index (κ3) is 9.50. The maximum Gasteiger partial charge on any atom is 0.306 e. The summed E-state index contributed by atoms with van der Waals surface area (Å²) < 4.78 is 5.49. The van der Waals surface area contributed by atoms with Gasteiger partial charge < -0.3 is 9.57 Å². The first-order valence-electron chi connectivity index (χ1n) is 8.12. The molecule has 0 aliphatic rings. The Bertz CT molecular complexity index is 463. The first-order chi connectivity index (χ1) is 11.1. The van der Waals surface area contributed by atoms with Crippen molar-refractivity contribution in [3.63, 3.8) is 0 Å². The molecule has 0 amide bonds. The fourth-order valence-corrected chi connectivity index (χ4v) is 2.25. The number of hydrogen-bond donors (Lipinski definition) is 0. The van der Waals surface area contributed by atoms with Crippen molar-refractivity contribution in [3.8, 4) is 0 Å². The van der Waals surface area contributed by atoms with E-state index in [-0.39, 0.29) is 18.7 Å². The SMILES string of the molecule is CC[C@H](CCc1ccccc1)OC(=O)CCCCCO[N+](=O)[O-]. The summed E-state index contributed by atoms with van der Waals surface area (Å²) in [5, 5.41) is 9.17. The van der Waals surface area contributed by atoms with Gasteiger partial charge in [0.2, 0.25) is 0 Å². The molecule has 0 saturated carbocycles. The Morgan fingerprint density at radius 1 is 1.22 bits per heavy atom. The molecule has 0 aliphatic heterocycles. The van der Waals surface area contributed by atoms with Crippen molar-refractivity contribution in [2.45, 2.75) is 58.0 Å². The predicted molar refractivity (Wildman–Crippen MR) is 86.3 cm³/mol. The number of carbonyl (C=O) groups is 1. The maximum absolute atomic E-state index is 11.8. The molecular weight excluding hydrogens is 298 g/mol. The van der Waals surface area contributed by atoms with Crippen LogP contribution in [0, 0.1) is 10.1 Å². The van der Waals surface area contributed by atoms with Crippen LogP contribution in [-0.4, -0.2) is 23.8 Å². The number of benzene rings is 1. The highest BCUT2D eigenvalue weighted by Gasteiger charge is 2.12. The van der Waals surface area contributed by atoms with E-state index in [1.807, 2.05) is 25.1 Å². The van der Waals surface area contributed by atoms with E-state index in [1.54, 1.807) is 0 Å². The summed E-state index contributed by atoms with van der Waals surface area (Å²) in [6.45, 7) is 2.09. The van der Waals surface area contributed by atoms with Crippen LogP contribution < -0.4 is 0 Å². The molecule has 0 N–H and O–H groups in total. The maximum atomic E-state index is 11.8. The first kappa shape index (κ1) is 18.9. The van der Waals surface area contributed by atoms with Crippen molar-refractivity contribution in [1.82, 2.24) is 0 Å². The third-order valence-electron chi connectivity index (χ3n) is 3.57. The van der Waals surface area contributed by atoms with E-state index in [2.05, 4.69) is 17.0 Å². The first-order valence-corrected chi connectivity index (χ1v) is 8.12. The van der Waals surface area contributed by atoms with Crippen LogP contribution in [0.3, 0.4) is 0 Å². The molecule has 0 bridgehead atoms. The topological polar surface area (TPSA) is 78.7 Å². The van der Waals surface area contributed by atoms with Crippen LogP contribution in [0.1, 0.15) is 51.0 Å². The molecule has 6 nitrogen and oxygen atoms in total. The van der Waals surface area contributed by atoms with E-state index < -0.39 is 5.09 Å². The second-order valence-electron chi connectivity index (χ2n) is 5.41. The predicted octanol–water partition coefficient (Wildman–Crippen LogP) is 3.71. The average molecular weight is 323 g/mol. The molecular formula is C17H25NO5. The van der Waals surface area contributed by atoms with Crippen molar-refractivity contribution < 1.29 is 19.5 Å². The van der Waals surface area contributed by atoms with E-state index in [4.69, 9.17) is 4.74 Å². The van der Waals surface area contributed by atoms with Crippen LogP contribution in [0.2, 0.25) is 0 Å². The second-order valence-corrected chi connectivity index (χ2v) is 5.41. The summed E-state index contributed by atoms with van der Waals surface area (Å²) in [7, 11) is 0. The zero-order valence-corrected chi connectivity index (χ0v) is 13.6. The van der Waals surface area contributed by atoms with Crippen molar-refractivity contribution in [1.29, 1.82) is 0 Å². The van der Waals surface area contributed by atoms with Crippen LogP contribution in [0.5, 0.6) is 0 Å². The number of carbonyl (C=O) groups excluding carboxylic acids is 1. The van der Waals surface area contributed by atoms with Gasteiger partial charge in [0, 0.05) is 6.42 Å². The van der Waals surface area contributed by atoms with Crippen molar-refractivity contribution >= 4 is 5.97 Å². The lowest BCUT2D eigenvalue weighted by molar-refractivity contribution is -0.757. The quantitative estimate of drug-likeness (QED) is 0.253. The molecule has 0 spiro atoms. The van der Waals surface area contributed by atoms with Crippen molar-refractivity contribution in [2.24, 2.45) is 0 Å². The Kier molecular flexibility index (Phi) is 9.43. The van der Waals surface area contributed by atoms with Gasteiger partial charge in [-0.25, -0.2) is 0 Å². The van der Waals surface area contributed by atoms with Crippen molar-refractivity contribution in [2.75, 3.05) is 6.61 Å². The molecule has 0 radical (unpaired) electrons. The van der Waals surface area contributed by atoms with E-state index in [0.717, 1.165) is 19.3 Å². The second kappa shape index (κ2) is 11.5. The number of unbranched alkanes of at least 4 members (excludes halogenated alkanes) is 2. The molecule has 1 aromatic rings. The van der Waals surface area contributed by atoms with Gasteiger partial charge in [-0.2, -0.15) is 0 Å². The van der Waals surface area contributed by atoms with Gasteiger partial charge in [-0.15, -0.1) is 10.1 Å². The zero-order chi connectivity index (χ0) is 16.9. The van der Waals surface area contributed by atoms with E-state index in [1.165, 1.54) is 5.56 Å². The Labute approximate surface area is 136 Å². The number of esters is 1. The van der Waals surface area contributed by atoms with Gasteiger partial charge in [0.1, 0.15) is 6.10 Å². The van der Waals surface area contributed by atoms with Gasteiger partial charge in [-0.3, -0.25) is 4.79 Å². The average Bonchev–Trinajstić information content (AvgIpc) is 2.55.